The van der Waals surface area contributed by atoms with E-state index in [0.29, 0.717) is 13.0 Å². The fraction of sp³-hybridized carbons (Fsp3) is 0.857. The van der Waals surface area contributed by atoms with E-state index in [2.05, 4.69) is 11.0 Å². The largest absolute Gasteiger partial charge is 0.481 e. The van der Waals surface area contributed by atoms with E-state index in [1.54, 1.807) is 0 Å². The molecular formula is C14H22N2O2. The second-order valence-electron chi connectivity index (χ2n) is 6.13. The number of rotatable bonds is 6. The third-order valence-corrected chi connectivity index (χ3v) is 4.59. The summed E-state index contributed by atoms with van der Waals surface area (Å²) in [6.45, 7) is 4.51. The first-order valence-corrected chi connectivity index (χ1v) is 6.89. The van der Waals surface area contributed by atoms with Crippen molar-refractivity contribution in [3.05, 3.63) is 0 Å². The molecule has 1 saturated heterocycles. The van der Waals surface area contributed by atoms with Crippen molar-refractivity contribution >= 4 is 5.97 Å². The van der Waals surface area contributed by atoms with Crippen LogP contribution < -0.4 is 0 Å². The topological polar surface area (TPSA) is 64.3 Å². The zero-order chi connectivity index (χ0) is 13.2. The van der Waals surface area contributed by atoms with Gasteiger partial charge in [0.1, 0.15) is 0 Å². The van der Waals surface area contributed by atoms with Crippen LogP contribution in [0.2, 0.25) is 0 Å². The minimum atomic E-state index is -0.642. The predicted molar refractivity (Wildman–Crippen MR) is 67.9 cm³/mol. The molecule has 2 fully saturated rings. The third-order valence-electron chi connectivity index (χ3n) is 4.59. The molecule has 0 radical (unpaired) electrons. The summed E-state index contributed by atoms with van der Waals surface area (Å²) in [6, 6.07) is 2.27. The van der Waals surface area contributed by atoms with Gasteiger partial charge in [0, 0.05) is 19.5 Å². The molecule has 0 aromatic carbocycles. The number of nitriles is 1. The lowest BCUT2D eigenvalue weighted by atomic mass is 9.83. The van der Waals surface area contributed by atoms with Crippen molar-refractivity contribution in [2.45, 2.75) is 45.4 Å². The zero-order valence-corrected chi connectivity index (χ0v) is 11.1. The van der Waals surface area contributed by atoms with Gasteiger partial charge in [0.15, 0.2) is 0 Å². The van der Waals surface area contributed by atoms with Crippen molar-refractivity contribution in [2.24, 2.45) is 10.8 Å². The molecule has 1 aliphatic heterocycles. The summed E-state index contributed by atoms with van der Waals surface area (Å²) in [7, 11) is 0. The average molecular weight is 250 g/mol. The maximum atomic E-state index is 11.5. The lowest BCUT2D eigenvalue weighted by Crippen LogP contribution is -2.36. The summed E-state index contributed by atoms with van der Waals surface area (Å²) >= 11 is 0. The van der Waals surface area contributed by atoms with Gasteiger partial charge >= 0.3 is 5.97 Å². The Morgan fingerprint density at radius 1 is 1.44 bits per heavy atom. The molecule has 1 aliphatic carbocycles. The molecule has 4 nitrogen and oxygen atoms in total. The Hall–Kier alpha value is -1.08. The smallest absolute Gasteiger partial charge is 0.310 e. The third kappa shape index (κ3) is 2.51. The van der Waals surface area contributed by atoms with Crippen LogP contribution in [-0.2, 0) is 4.79 Å². The van der Waals surface area contributed by atoms with Crippen molar-refractivity contribution in [1.29, 1.82) is 5.26 Å². The van der Waals surface area contributed by atoms with Gasteiger partial charge in [0.05, 0.1) is 11.5 Å². The van der Waals surface area contributed by atoms with Gasteiger partial charge in [-0.15, -0.1) is 0 Å². The van der Waals surface area contributed by atoms with Crippen LogP contribution in [0.4, 0.5) is 0 Å². The highest BCUT2D eigenvalue weighted by Gasteiger charge is 2.49. The molecule has 18 heavy (non-hydrogen) atoms. The average Bonchev–Trinajstić information content (AvgIpc) is 2.93. The van der Waals surface area contributed by atoms with Crippen molar-refractivity contribution in [2.75, 3.05) is 19.6 Å². The van der Waals surface area contributed by atoms with Crippen LogP contribution in [0.1, 0.15) is 45.4 Å². The van der Waals surface area contributed by atoms with E-state index >= 15 is 0 Å². The summed E-state index contributed by atoms with van der Waals surface area (Å²) < 4.78 is 0. The van der Waals surface area contributed by atoms with Gasteiger partial charge in [-0.3, -0.25) is 4.79 Å². The number of likely N-dealkylation sites (tertiary alicyclic amines) is 1. The first-order valence-electron chi connectivity index (χ1n) is 6.89. The molecule has 100 valence electrons. The van der Waals surface area contributed by atoms with Crippen LogP contribution >= 0.6 is 0 Å². The normalized spacial score (nSPS) is 30.0. The molecule has 1 heterocycles. The lowest BCUT2D eigenvalue weighted by Gasteiger charge is -2.26. The van der Waals surface area contributed by atoms with E-state index in [1.165, 1.54) is 0 Å². The highest BCUT2D eigenvalue weighted by molar-refractivity contribution is 5.75. The summed E-state index contributed by atoms with van der Waals surface area (Å²) in [5.74, 6) is -0.642. The van der Waals surface area contributed by atoms with Crippen LogP contribution in [0.3, 0.4) is 0 Å². The Kier molecular flexibility index (Phi) is 3.63. The van der Waals surface area contributed by atoms with E-state index in [0.717, 1.165) is 45.2 Å². The number of nitrogens with zero attached hydrogens (tertiary/aromatic N) is 2. The number of aliphatic carboxylic acids is 1. The number of hydrogen-bond donors (Lipinski definition) is 1. The second kappa shape index (κ2) is 4.89. The van der Waals surface area contributed by atoms with E-state index in [4.69, 9.17) is 5.26 Å². The number of hydrogen-bond acceptors (Lipinski definition) is 3. The molecule has 0 amide bonds. The summed E-state index contributed by atoms with van der Waals surface area (Å²) in [5, 5.41) is 18.3. The van der Waals surface area contributed by atoms with E-state index in [-0.39, 0.29) is 5.41 Å². The van der Waals surface area contributed by atoms with Crippen LogP contribution in [0.25, 0.3) is 0 Å². The van der Waals surface area contributed by atoms with E-state index in [1.807, 2.05) is 6.92 Å². The van der Waals surface area contributed by atoms with E-state index < -0.39 is 11.4 Å². The highest BCUT2D eigenvalue weighted by Crippen LogP contribution is 2.50. The second-order valence-corrected chi connectivity index (χ2v) is 6.13. The molecule has 2 rings (SSSR count). The molecule has 1 atom stereocenters. The lowest BCUT2D eigenvalue weighted by molar-refractivity contribution is -0.148. The molecule has 2 aliphatic rings. The van der Waals surface area contributed by atoms with Crippen molar-refractivity contribution < 1.29 is 9.90 Å². The predicted octanol–water partition coefficient (Wildman–Crippen LogP) is 2.26. The minimum Gasteiger partial charge on any atom is -0.481 e. The Bertz CT molecular complexity index is 370. The Balaban J connectivity index is 1.95. The monoisotopic (exact) mass is 250 g/mol. The summed E-state index contributed by atoms with van der Waals surface area (Å²) in [6.07, 6.45) is 5.33. The zero-order valence-electron chi connectivity index (χ0n) is 11.1. The minimum absolute atomic E-state index is 0.190. The Morgan fingerprint density at radius 2 is 2.17 bits per heavy atom. The standard InChI is InChI=1S/C14H22N2O2/c1-2-3-14(12(17)18)7-9-16(11-14)10-13(4-5-13)6-8-15/h2-7,9-11H2,1H3,(H,17,18). The first kappa shape index (κ1) is 13.4. The SMILES string of the molecule is CCCC1(C(=O)O)CCN(CC2(CC#N)CC2)C1. The van der Waals surface area contributed by atoms with Gasteiger partial charge in [-0.05, 0) is 37.6 Å². The molecule has 0 spiro atoms. The van der Waals surface area contributed by atoms with Crippen LogP contribution in [0.15, 0.2) is 0 Å². The van der Waals surface area contributed by atoms with Gasteiger partial charge in [0.2, 0.25) is 0 Å². The van der Waals surface area contributed by atoms with Gasteiger partial charge in [-0.1, -0.05) is 13.3 Å². The highest BCUT2D eigenvalue weighted by atomic mass is 16.4. The molecule has 1 saturated carbocycles. The maximum Gasteiger partial charge on any atom is 0.310 e. The van der Waals surface area contributed by atoms with Crippen molar-refractivity contribution in [3.8, 4) is 6.07 Å². The number of carboxylic acid groups (broad SMARTS) is 1. The number of carbonyl (C=O) groups is 1. The molecule has 1 unspecified atom stereocenters. The molecular weight excluding hydrogens is 228 g/mol. The van der Waals surface area contributed by atoms with Gasteiger partial charge in [-0.25, -0.2) is 0 Å². The molecule has 1 N–H and O–H groups in total. The molecule has 4 heteroatoms. The van der Waals surface area contributed by atoms with Crippen molar-refractivity contribution in [1.82, 2.24) is 4.90 Å². The van der Waals surface area contributed by atoms with Gasteiger partial charge in [0.25, 0.3) is 0 Å². The van der Waals surface area contributed by atoms with Crippen LogP contribution in [0.5, 0.6) is 0 Å². The maximum absolute atomic E-state index is 11.5. The van der Waals surface area contributed by atoms with Gasteiger partial charge < -0.3 is 10.0 Å². The van der Waals surface area contributed by atoms with Crippen LogP contribution in [-0.4, -0.2) is 35.6 Å². The molecule has 0 aromatic rings. The quantitative estimate of drug-likeness (QED) is 0.785. The Morgan fingerprint density at radius 3 is 2.67 bits per heavy atom. The Labute approximate surface area is 109 Å². The molecule has 0 bridgehead atoms. The molecule has 0 aromatic heterocycles. The summed E-state index contributed by atoms with van der Waals surface area (Å²) in [4.78, 5) is 13.8. The van der Waals surface area contributed by atoms with E-state index in [9.17, 15) is 9.90 Å². The van der Waals surface area contributed by atoms with Gasteiger partial charge in [-0.2, -0.15) is 5.26 Å². The fourth-order valence-electron chi connectivity index (χ4n) is 3.27. The number of carboxylic acids is 1. The van der Waals surface area contributed by atoms with Crippen LogP contribution in [0, 0.1) is 22.2 Å². The first-order chi connectivity index (χ1) is 8.56. The fourth-order valence-corrected chi connectivity index (χ4v) is 3.27. The summed E-state index contributed by atoms with van der Waals surface area (Å²) in [5.41, 5.74) is -0.340. The van der Waals surface area contributed by atoms with Crippen molar-refractivity contribution in [3.63, 3.8) is 0 Å².